The van der Waals surface area contributed by atoms with Gasteiger partial charge in [-0.25, -0.2) is 0 Å². The van der Waals surface area contributed by atoms with Crippen molar-refractivity contribution < 1.29 is 0 Å². The lowest BCUT2D eigenvalue weighted by molar-refractivity contribution is 0.464. The lowest BCUT2D eigenvalue weighted by Gasteiger charge is -2.08. The summed E-state index contributed by atoms with van der Waals surface area (Å²) in [4.78, 5) is 0. The largest absolute Gasteiger partial charge is 0.0620 e. The standard InChI is InChI=1S/C18H28/c1-16-10-6-9-15-18(16)14-5-3-2-4-11-17-12-7-8-13-17/h6,9-10,15,17H,2-5,7-8,11-14H2,1H3. The van der Waals surface area contributed by atoms with Crippen LogP contribution in [-0.2, 0) is 6.42 Å². The van der Waals surface area contributed by atoms with Crippen LogP contribution in [0.5, 0.6) is 0 Å². The summed E-state index contributed by atoms with van der Waals surface area (Å²) >= 11 is 0. The maximum atomic E-state index is 2.29. The summed E-state index contributed by atoms with van der Waals surface area (Å²) in [6.07, 6.45) is 14.5. The highest BCUT2D eigenvalue weighted by Crippen LogP contribution is 2.29. The zero-order valence-corrected chi connectivity index (χ0v) is 12.0. The first-order chi connectivity index (χ1) is 8.86. The van der Waals surface area contributed by atoms with Gasteiger partial charge in [0.05, 0.1) is 0 Å². The molecule has 0 radical (unpaired) electrons. The van der Waals surface area contributed by atoms with E-state index in [-0.39, 0.29) is 0 Å². The number of aryl methyl sites for hydroxylation is 2. The van der Waals surface area contributed by atoms with E-state index in [4.69, 9.17) is 0 Å². The lowest BCUT2D eigenvalue weighted by Crippen LogP contribution is -1.93. The first kappa shape index (κ1) is 13.6. The van der Waals surface area contributed by atoms with Crippen LogP contribution in [0.25, 0.3) is 0 Å². The van der Waals surface area contributed by atoms with E-state index in [9.17, 15) is 0 Å². The number of rotatable bonds is 7. The Balaban J connectivity index is 1.52. The fourth-order valence-corrected chi connectivity index (χ4v) is 3.29. The van der Waals surface area contributed by atoms with E-state index in [1.165, 1.54) is 69.8 Å². The van der Waals surface area contributed by atoms with Crippen molar-refractivity contribution in [3.8, 4) is 0 Å². The lowest BCUT2D eigenvalue weighted by atomic mass is 9.98. The second-order valence-corrected chi connectivity index (χ2v) is 6.03. The maximum Gasteiger partial charge on any atom is -0.0276 e. The molecule has 0 aliphatic heterocycles. The first-order valence-corrected chi connectivity index (χ1v) is 7.91. The third kappa shape index (κ3) is 4.48. The van der Waals surface area contributed by atoms with E-state index in [0.717, 1.165) is 5.92 Å². The van der Waals surface area contributed by atoms with Crippen LogP contribution in [0.3, 0.4) is 0 Å². The summed E-state index contributed by atoms with van der Waals surface area (Å²) in [6, 6.07) is 8.83. The normalized spacial score (nSPS) is 16.3. The van der Waals surface area contributed by atoms with Gasteiger partial charge < -0.3 is 0 Å². The van der Waals surface area contributed by atoms with Crippen LogP contribution in [0.1, 0.15) is 68.9 Å². The highest BCUT2D eigenvalue weighted by molar-refractivity contribution is 5.25. The van der Waals surface area contributed by atoms with Gasteiger partial charge in [-0.2, -0.15) is 0 Å². The van der Waals surface area contributed by atoms with Gasteiger partial charge in [0.1, 0.15) is 0 Å². The van der Waals surface area contributed by atoms with Crippen molar-refractivity contribution >= 4 is 0 Å². The number of benzene rings is 1. The van der Waals surface area contributed by atoms with Crippen LogP contribution >= 0.6 is 0 Å². The molecule has 0 heterocycles. The minimum Gasteiger partial charge on any atom is -0.0620 e. The molecular weight excluding hydrogens is 216 g/mol. The monoisotopic (exact) mass is 244 g/mol. The van der Waals surface area contributed by atoms with Crippen LogP contribution in [0.15, 0.2) is 24.3 Å². The van der Waals surface area contributed by atoms with Crippen molar-refractivity contribution in [2.24, 2.45) is 5.92 Å². The molecule has 18 heavy (non-hydrogen) atoms. The Labute approximate surface area is 113 Å². The second kappa shape index (κ2) is 7.61. The Hall–Kier alpha value is -0.780. The number of unbranched alkanes of at least 4 members (excludes halogenated alkanes) is 3. The Kier molecular flexibility index (Phi) is 5.77. The average molecular weight is 244 g/mol. The molecular formula is C18H28. The molecule has 1 fully saturated rings. The Morgan fingerprint density at radius 3 is 2.44 bits per heavy atom. The topological polar surface area (TPSA) is 0 Å². The molecule has 1 aromatic carbocycles. The molecule has 1 saturated carbocycles. The van der Waals surface area contributed by atoms with Gasteiger partial charge in [-0.15, -0.1) is 0 Å². The highest BCUT2D eigenvalue weighted by atomic mass is 14.2. The van der Waals surface area contributed by atoms with Crippen molar-refractivity contribution in [2.75, 3.05) is 0 Å². The molecule has 0 nitrogen and oxygen atoms in total. The SMILES string of the molecule is Cc1ccccc1CCCCCCC1CCCC1. The van der Waals surface area contributed by atoms with Crippen molar-refractivity contribution in [1.82, 2.24) is 0 Å². The summed E-state index contributed by atoms with van der Waals surface area (Å²) < 4.78 is 0. The third-order valence-electron chi connectivity index (χ3n) is 4.54. The van der Waals surface area contributed by atoms with Crippen molar-refractivity contribution in [1.29, 1.82) is 0 Å². The molecule has 1 aliphatic carbocycles. The quantitative estimate of drug-likeness (QED) is 0.541. The van der Waals surface area contributed by atoms with Gasteiger partial charge in [-0.3, -0.25) is 0 Å². The molecule has 0 spiro atoms. The minimum absolute atomic E-state index is 1.08. The van der Waals surface area contributed by atoms with Crippen molar-refractivity contribution in [2.45, 2.75) is 71.1 Å². The maximum absolute atomic E-state index is 2.29. The summed E-state index contributed by atoms with van der Waals surface area (Å²) in [6.45, 7) is 2.23. The fourth-order valence-electron chi connectivity index (χ4n) is 3.29. The van der Waals surface area contributed by atoms with Crippen molar-refractivity contribution in [3.63, 3.8) is 0 Å². The van der Waals surface area contributed by atoms with E-state index in [1.54, 1.807) is 5.56 Å². The van der Waals surface area contributed by atoms with Gasteiger partial charge in [0.2, 0.25) is 0 Å². The summed E-state index contributed by atoms with van der Waals surface area (Å²) in [5, 5.41) is 0. The molecule has 0 saturated heterocycles. The van der Waals surface area contributed by atoms with E-state index in [1.807, 2.05) is 0 Å². The average Bonchev–Trinajstić information content (AvgIpc) is 2.89. The van der Waals surface area contributed by atoms with Crippen LogP contribution in [0.4, 0.5) is 0 Å². The Bertz CT molecular complexity index is 334. The van der Waals surface area contributed by atoms with E-state index < -0.39 is 0 Å². The zero-order valence-electron chi connectivity index (χ0n) is 12.0. The molecule has 0 bridgehead atoms. The molecule has 0 N–H and O–H groups in total. The molecule has 0 aromatic heterocycles. The zero-order chi connectivity index (χ0) is 12.6. The van der Waals surface area contributed by atoms with E-state index in [0.29, 0.717) is 0 Å². The Morgan fingerprint density at radius 2 is 1.67 bits per heavy atom. The summed E-state index contributed by atoms with van der Waals surface area (Å²) in [5.41, 5.74) is 3.01. The number of hydrogen-bond acceptors (Lipinski definition) is 0. The van der Waals surface area contributed by atoms with Gasteiger partial charge in [-0.1, -0.05) is 75.6 Å². The predicted molar refractivity (Wildman–Crippen MR) is 79.9 cm³/mol. The minimum atomic E-state index is 1.08. The molecule has 100 valence electrons. The molecule has 0 amide bonds. The fraction of sp³-hybridized carbons (Fsp3) is 0.667. The van der Waals surface area contributed by atoms with E-state index >= 15 is 0 Å². The van der Waals surface area contributed by atoms with Gasteiger partial charge in [0, 0.05) is 0 Å². The van der Waals surface area contributed by atoms with Crippen LogP contribution in [0.2, 0.25) is 0 Å². The summed E-state index contributed by atoms with van der Waals surface area (Å²) in [5.74, 6) is 1.08. The summed E-state index contributed by atoms with van der Waals surface area (Å²) in [7, 11) is 0. The first-order valence-electron chi connectivity index (χ1n) is 7.91. The smallest absolute Gasteiger partial charge is 0.0276 e. The van der Waals surface area contributed by atoms with Crippen LogP contribution < -0.4 is 0 Å². The van der Waals surface area contributed by atoms with Gasteiger partial charge >= 0.3 is 0 Å². The number of hydrogen-bond donors (Lipinski definition) is 0. The van der Waals surface area contributed by atoms with Gasteiger partial charge in [0.15, 0.2) is 0 Å². The van der Waals surface area contributed by atoms with Crippen LogP contribution in [-0.4, -0.2) is 0 Å². The second-order valence-electron chi connectivity index (χ2n) is 6.03. The molecule has 2 rings (SSSR count). The molecule has 0 heteroatoms. The molecule has 1 aliphatic rings. The highest BCUT2D eigenvalue weighted by Gasteiger charge is 2.13. The molecule has 1 aromatic rings. The molecule has 0 unspecified atom stereocenters. The predicted octanol–water partition coefficient (Wildman–Crippen LogP) is 5.68. The van der Waals surface area contributed by atoms with Crippen LogP contribution in [0, 0.1) is 12.8 Å². The molecule has 0 atom stereocenters. The van der Waals surface area contributed by atoms with E-state index in [2.05, 4.69) is 31.2 Å². The van der Waals surface area contributed by atoms with Gasteiger partial charge in [-0.05, 0) is 36.8 Å². The van der Waals surface area contributed by atoms with Gasteiger partial charge in [0.25, 0.3) is 0 Å². The third-order valence-corrected chi connectivity index (χ3v) is 4.54. The Morgan fingerprint density at radius 1 is 0.944 bits per heavy atom. The van der Waals surface area contributed by atoms with Crippen molar-refractivity contribution in [3.05, 3.63) is 35.4 Å².